The Morgan fingerprint density at radius 1 is 1.19 bits per heavy atom. The van der Waals surface area contributed by atoms with Crippen molar-refractivity contribution in [2.24, 2.45) is 0 Å². The van der Waals surface area contributed by atoms with Crippen LogP contribution in [0.2, 0.25) is 0 Å². The van der Waals surface area contributed by atoms with Gasteiger partial charge in [0.15, 0.2) is 0 Å². The molecule has 27 heavy (non-hydrogen) atoms. The highest BCUT2D eigenvalue weighted by atomic mass is 16.4. The van der Waals surface area contributed by atoms with Crippen molar-refractivity contribution in [1.82, 2.24) is 5.32 Å². The second-order valence-electron chi connectivity index (χ2n) is 6.40. The van der Waals surface area contributed by atoms with Gasteiger partial charge in [-0.3, -0.25) is 4.79 Å². The molecule has 140 valence electrons. The molecule has 2 aromatic carbocycles. The topological polar surface area (TPSA) is 99.8 Å². The molecule has 1 heterocycles. The van der Waals surface area contributed by atoms with Crippen LogP contribution in [-0.4, -0.2) is 22.7 Å². The third kappa shape index (κ3) is 4.35. The summed E-state index contributed by atoms with van der Waals surface area (Å²) in [5.41, 5.74) is 1.71. The molecule has 6 heteroatoms. The third-order valence-electron chi connectivity index (χ3n) is 4.55. The molecule has 0 fully saturated rings. The monoisotopic (exact) mass is 367 g/mol. The van der Waals surface area contributed by atoms with E-state index in [2.05, 4.69) is 5.32 Å². The summed E-state index contributed by atoms with van der Waals surface area (Å²) in [5.74, 6) is -0.233. The molecule has 1 aromatic heterocycles. The summed E-state index contributed by atoms with van der Waals surface area (Å²) in [6, 6.07) is 13.7. The second-order valence-corrected chi connectivity index (χ2v) is 6.40. The van der Waals surface area contributed by atoms with Crippen LogP contribution >= 0.6 is 0 Å². The molecular formula is C21H21NO5. The first-order chi connectivity index (χ1) is 13.0. The van der Waals surface area contributed by atoms with E-state index in [0.29, 0.717) is 11.1 Å². The zero-order chi connectivity index (χ0) is 19.4. The number of aryl methyl sites for hydroxylation is 1. The van der Waals surface area contributed by atoms with Gasteiger partial charge in [-0.15, -0.1) is 0 Å². The number of aromatic hydroxyl groups is 1. The van der Waals surface area contributed by atoms with Crippen molar-refractivity contribution in [2.75, 3.05) is 6.54 Å². The van der Waals surface area contributed by atoms with E-state index in [0.717, 1.165) is 16.5 Å². The SMILES string of the molecule is Cc1c(CCC(=O)NC[C@@H](O)c2ccccc2)c(=O)oc2cc(O)ccc12. The Morgan fingerprint density at radius 3 is 2.67 bits per heavy atom. The van der Waals surface area contributed by atoms with Gasteiger partial charge in [0.2, 0.25) is 5.91 Å². The van der Waals surface area contributed by atoms with Crippen LogP contribution in [0.4, 0.5) is 0 Å². The Bertz CT molecular complexity index is 1010. The molecular weight excluding hydrogens is 346 g/mol. The van der Waals surface area contributed by atoms with Crippen molar-refractivity contribution >= 4 is 16.9 Å². The summed E-state index contributed by atoms with van der Waals surface area (Å²) in [6.07, 6.45) is -0.440. The number of carbonyl (C=O) groups excluding carboxylic acids is 1. The van der Waals surface area contributed by atoms with Crippen LogP contribution < -0.4 is 10.9 Å². The molecule has 6 nitrogen and oxygen atoms in total. The largest absolute Gasteiger partial charge is 0.508 e. The lowest BCUT2D eigenvalue weighted by molar-refractivity contribution is -0.121. The first kappa shape index (κ1) is 18.7. The number of nitrogens with one attached hydrogen (secondary N) is 1. The smallest absolute Gasteiger partial charge is 0.339 e. The van der Waals surface area contributed by atoms with E-state index in [4.69, 9.17) is 4.42 Å². The lowest BCUT2D eigenvalue weighted by Crippen LogP contribution is -2.29. The van der Waals surface area contributed by atoms with Gasteiger partial charge in [0.25, 0.3) is 0 Å². The molecule has 1 atom stereocenters. The lowest BCUT2D eigenvalue weighted by atomic mass is 10.0. The van der Waals surface area contributed by atoms with E-state index in [1.165, 1.54) is 12.1 Å². The molecule has 0 saturated carbocycles. The van der Waals surface area contributed by atoms with Crippen LogP contribution in [0.1, 0.15) is 29.2 Å². The summed E-state index contributed by atoms with van der Waals surface area (Å²) in [6.45, 7) is 1.90. The average Bonchev–Trinajstić information content (AvgIpc) is 2.66. The Labute approximate surface area is 156 Å². The Kier molecular flexibility index (Phi) is 5.57. The van der Waals surface area contributed by atoms with Gasteiger partial charge in [-0.25, -0.2) is 4.79 Å². The molecule has 0 saturated heterocycles. The van der Waals surface area contributed by atoms with Gasteiger partial charge >= 0.3 is 5.63 Å². The van der Waals surface area contributed by atoms with Crippen LogP contribution in [0.5, 0.6) is 5.75 Å². The molecule has 0 bridgehead atoms. The fraction of sp³-hybridized carbons (Fsp3) is 0.238. The van der Waals surface area contributed by atoms with E-state index >= 15 is 0 Å². The van der Waals surface area contributed by atoms with Gasteiger partial charge in [0, 0.05) is 30.0 Å². The highest BCUT2D eigenvalue weighted by Crippen LogP contribution is 2.23. The number of hydrogen-bond acceptors (Lipinski definition) is 5. The highest BCUT2D eigenvalue weighted by Gasteiger charge is 2.14. The fourth-order valence-corrected chi connectivity index (χ4v) is 3.00. The van der Waals surface area contributed by atoms with Gasteiger partial charge in [0.05, 0.1) is 6.10 Å². The number of carbonyl (C=O) groups is 1. The van der Waals surface area contributed by atoms with Crippen molar-refractivity contribution in [3.05, 3.63) is 75.6 Å². The minimum Gasteiger partial charge on any atom is -0.508 e. The molecule has 0 spiro atoms. The zero-order valence-corrected chi connectivity index (χ0v) is 14.9. The van der Waals surface area contributed by atoms with E-state index in [1.54, 1.807) is 25.1 Å². The average molecular weight is 367 g/mol. The molecule has 0 unspecified atom stereocenters. The van der Waals surface area contributed by atoms with Crippen molar-refractivity contribution in [1.29, 1.82) is 0 Å². The van der Waals surface area contributed by atoms with E-state index in [-0.39, 0.29) is 31.0 Å². The third-order valence-corrected chi connectivity index (χ3v) is 4.55. The summed E-state index contributed by atoms with van der Waals surface area (Å²) in [7, 11) is 0. The predicted octanol–water partition coefficient (Wildman–Crippen LogP) is 2.59. The van der Waals surface area contributed by atoms with Gasteiger partial charge in [-0.05, 0) is 36.6 Å². The summed E-state index contributed by atoms with van der Waals surface area (Å²) < 4.78 is 5.26. The zero-order valence-electron chi connectivity index (χ0n) is 14.9. The summed E-state index contributed by atoms with van der Waals surface area (Å²) in [5, 5.41) is 23.0. The van der Waals surface area contributed by atoms with Crippen molar-refractivity contribution in [3.8, 4) is 5.75 Å². The number of amides is 1. The van der Waals surface area contributed by atoms with Crippen LogP contribution in [0.25, 0.3) is 11.0 Å². The maximum Gasteiger partial charge on any atom is 0.339 e. The van der Waals surface area contributed by atoms with E-state index in [1.807, 2.05) is 18.2 Å². The number of aliphatic hydroxyl groups is 1. The molecule has 0 aliphatic carbocycles. The maximum absolute atomic E-state index is 12.2. The number of benzene rings is 2. The highest BCUT2D eigenvalue weighted by molar-refractivity contribution is 5.82. The van der Waals surface area contributed by atoms with Crippen LogP contribution in [0.3, 0.4) is 0 Å². The Hall–Kier alpha value is -3.12. The van der Waals surface area contributed by atoms with Crippen LogP contribution in [0.15, 0.2) is 57.7 Å². The van der Waals surface area contributed by atoms with Crippen LogP contribution in [0, 0.1) is 6.92 Å². The molecule has 0 aliphatic heterocycles. The molecule has 3 N–H and O–H groups in total. The normalized spacial score (nSPS) is 12.1. The standard InChI is InChI=1S/C21H21NO5/c1-13-16-8-7-15(23)11-19(16)27-21(26)17(13)9-10-20(25)22-12-18(24)14-5-3-2-4-6-14/h2-8,11,18,23-24H,9-10,12H2,1H3,(H,22,25)/t18-/m1/s1. The minimum absolute atomic E-state index is 0.0224. The summed E-state index contributed by atoms with van der Waals surface area (Å²) >= 11 is 0. The van der Waals surface area contributed by atoms with Crippen molar-refractivity contribution < 1.29 is 19.4 Å². The van der Waals surface area contributed by atoms with Crippen LogP contribution in [-0.2, 0) is 11.2 Å². The summed E-state index contributed by atoms with van der Waals surface area (Å²) in [4.78, 5) is 24.3. The molecule has 3 aromatic rings. The number of aliphatic hydroxyl groups excluding tert-OH is 1. The molecule has 0 radical (unpaired) electrons. The Balaban J connectivity index is 1.63. The molecule has 0 aliphatic rings. The molecule has 1 amide bonds. The number of rotatable bonds is 6. The van der Waals surface area contributed by atoms with Gasteiger partial charge < -0.3 is 19.9 Å². The second kappa shape index (κ2) is 8.05. The van der Waals surface area contributed by atoms with Crippen molar-refractivity contribution in [2.45, 2.75) is 25.9 Å². The number of fused-ring (bicyclic) bond motifs is 1. The van der Waals surface area contributed by atoms with E-state index < -0.39 is 11.7 Å². The van der Waals surface area contributed by atoms with Gasteiger partial charge in [0.1, 0.15) is 11.3 Å². The van der Waals surface area contributed by atoms with Gasteiger partial charge in [-0.2, -0.15) is 0 Å². The number of hydrogen-bond donors (Lipinski definition) is 3. The number of phenolic OH excluding ortho intramolecular Hbond substituents is 1. The lowest BCUT2D eigenvalue weighted by Gasteiger charge is -2.12. The quantitative estimate of drug-likeness (QED) is 0.582. The minimum atomic E-state index is -0.782. The first-order valence-corrected chi connectivity index (χ1v) is 8.70. The number of phenols is 1. The van der Waals surface area contributed by atoms with Crippen molar-refractivity contribution in [3.63, 3.8) is 0 Å². The fourth-order valence-electron chi connectivity index (χ4n) is 3.00. The molecule has 3 rings (SSSR count). The Morgan fingerprint density at radius 2 is 1.93 bits per heavy atom. The van der Waals surface area contributed by atoms with E-state index in [9.17, 15) is 19.8 Å². The maximum atomic E-state index is 12.2. The first-order valence-electron chi connectivity index (χ1n) is 8.70. The predicted molar refractivity (Wildman–Crippen MR) is 102 cm³/mol. The van der Waals surface area contributed by atoms with Gasteiger partial charge in [-0.1, -0.05) is 30.3 Å².